The summed E-state index contributed by atoms with van der Waals surface area (Å²) in [7, 11) is 0. The molecule has 8 heterocycles. The summed E-state index contributed by atoms with van der Waals surface area (Å²) >= 11 is 25.3. The van der Waals surface area contributed by atoms with Crippen molar-refractivity contribution in [3.05, 3.63) is 151 Å². The Balaban J connectivity index is 0.000000140. The van der Waals surface area contributed by atoms with Gasteiger partial charge in [-0.05, 0) is 84.9 Å². The highest BCUT2D eigenvalue weighted by Gasteiger charge is 2.21. The summed E-state index contributed by atoms with van der Waals surface area (Å²) in [5.41, 5.74) is 8.67. The van der Waals surface area contributed by atoms with Crippen molar-refractivity contribution < 1.29 is 9.47 Å². The molecule has 0 aliphatic rings. The van der Waals surface area contributed by atoms with Gasteiger partial charge in [0.15, 0.2) is 22.7 Å². The third-order valence-electron chi connectivity index (χ3n) is 13.1. The first kappa shape index (κ1) is 44.0. The van der Waals surface area contributed by atoms with Gasteiger partial charge >= 0.3 is 0 Å². The molecule has 0 spiro atoms. The second kappa shape index (κ2) is 17.4. The molecule has 14 aromatic rings. The fourth-order valence-electron chi connectivity index (χ4n) is 9.83. The summed E-state index contributed by atoms with van der Waals surface area (Å²) in [6.07, 6.45) is 7.22. The summed E-state index contributed by atoms with van der Waals surface area (Å²) in [5.74, 6) is 1.47. The number of hydrogen-bond donors (Lipinski definition) is 6. The van der Waals surface area contributed by atoms with Crippen molar-refractivity contribution in [1.82, 2.24) is 59.4 Å². The highest BCUT2D eigenvalue weighted by atomic mass is 35.5. The number of rotatable bonds is 10. The summed E-state index contributed by atoms with van der Waals surface area (Å²) in [4.78, 5) is 51.8. The second-order valence-corrected chi connectivity index (χ2v) is 19.2. The monoisotopic (exact) mass is 1030 g/mol. The van der Waals surface area contributed by atoms with Gasteiger partial charge in [-0.15, -0.1) is 0 Å². The maximum absolute atomic E-state index is 12.2. The van der Waals surface area contributed by atoms with Crippen LogP contribution in [0.4, 0.5) is 0 Å². The number of halogens is 4. The molecule has 0 fully saturated rings. The van der Waals surface area contributed by atoms with Crippen LogP contribution in [0.5, 0.6) is 11.5 Å². The second-order valence-electron chi connectivity index (χ2n) is 17.4. The Morgan fingerprint density at radius 1 is 0.458 bits per heavy atom. The number of hydrogen-bond acceptors (Lipinski definition) is 8. The molecule has 6 aromatic carbocycles. The molecule has 0 radical (unpaired) electrons. The lowest BCUT2D eigenvalue weighted by molar-refractivity contribution is 0.305. The largest absolute Gasteiger partial charge is 0.489 e. The molecular weight excluding hydrogens is 998 g/mol. The number of aryl methyl sites for hydroxylation is 2. The average molecular weight is 1030 g/mol. The van der Waals surface area contributed by atoms with Gasteiger partial charge in [-0.2, -0.15) is 10.2 Å². The van der Waals surface area contributed by atoms with Crippen LogP contribution >= 0.6 is 46.4 Å². The number of ether oxygens (including phenoxy) is 2. The van der Waals surface area contributed by atoms with Crippen LogP contribution in [0.25, 0.3) is 109 Å². The Morgan fingerprint density at radius 2 is 0.875 bits per heavy atom. The first-order chi connectivity index (χ1) is 35.1. The molecule has 20 heteroatoms. The molecule has 6 N–H and O–H groups in total. The third-order valence-corrected chi connectivity index (χ3v) is 14.0. The molecule has 14 rings (SSSR count). The van der Waals surface area contributed by atoms with E-state index < -0.39 is 0 Å². The Kier molecular flexibility index (Phi) is 10.6. The molecule has 0 unspecified atom stereocenters. The van der Waals surface area contributed by atoms with Gasteiger partial charge in [0.2, 0.25) is 0 Å². The van der Waals surface area contributed by atoms with Gasteiger partial charge in [-0.3, -0.25) is 14.3 Å². The van der Waals surface area contributed by atoms with Crippen LogP contribution in [0.3, 0.4) is 0 Å². The first-order valence-corrected chi connectivity index (χ1v) is 24.4. The van der Waals surface area contributed by atoms with E-state index in [1.165, 1.54) is 18.9 Å². The van der Waals surface area contributed by atoms with Crippen LogP contribution in [-0.4, -0.2) is 72.6 Å². The minimum Gasteiger partial charge on any atom is -0.489 e. The number of nitrogens with zero attached hydrogens (tertiary/aromatic N) is 6. The van der Waals surface area contributed by atoms with Gasteiger partial charge in [0, 0.05) is 111 Å². The van der Waals surface area contributed by atoms with E-state index in [4.69, 9.17) is 55.9 Å². The quantitative estimate of drug-likeness (QED) is 0.0724. The normalized spacial score (nSPS) is 12.1. The van der Waals surface area contributed by atoms with Crippen LogP contribution in [0.1, 0.15) is 12.8 Å². The predicted octanol–water partition coefficient (Wildman–Crippen LogP) is 12.3. The minimum absolute atomic E-state index is 0.200. The maximum atomic E-state index is 12.2. The number of H-pyrrole nitrogens is 6. The minimum atomic E-state index is -0.210. The fraction of sp³-hybridized carbons (Fsp3) is 0.115. The highest BCUT2D eigenvalue weighted by Crippen LogP contribution is 2.44. The molecule has 8 aromatic heterocycles. The Labute approximate surface area is 423 Å². The van der Waals surface area contributed by atoms with Crippen molar-refractivity contribution in [2.45, 2.75) is 25.9 Å². The summed E-state index contributed by atoms with van der Waals surface area (Å²) in [5, 5.41) is 20.0. The lowest BCUT2D eigenvalue weighted by Crippen LogP contribution is -2.13. The smallest absolute Gasteiger partial charge is 0.276 e. The molecule has 0 atom stereocenters. The Bertz CT molecular complexity index is 4430. The van der Waals surface area contributed by atoms with E-state index in [1.54, 1.807) is 15.6 Å². The highest BCUT2D eigenvalue weighted by molar-refractivity contribution is 6.34. The zero-order valence-electron chi connectivity index (χ0n) is 37.5. The molecular formula is C52H36Cl4N12O4. The lowest BCUT2D eigenvalue weighted by Gasteiger charge is -2.10. The van der Waals surface area contributed by atoms with Crippen LogP contribution < -0.4 is 20.6 Å². The molecule has 0 saturated heterocycles. The number of benzene rings is 6. The van der Waals surface area contributed by atoms with Crippen molar-refractivity contribution in [3.63, 3.8) is 0 Å². The summed E-state index contributed by atoms with van der Waals surface area (Å²) in [6.45, 7) is 1.93. The van der Waals surface area contributed by atoms with Crippen LogP contribution in [0.2, 0.25) is 20.1 Å². The van der Waals surface area contributed by atoms with Gasteiger partial charge in [0.05, 0.1) is 60.3 Å². The van der Waals surface area contributed by atoms with E-state index in [2.05, 4.69) is 62.2 Å². The van der Waals surface area contributed by atoms with E-state index in [9.17, 15) is 9.59 Å². The van der Waals surface area contributed by atoms with Gasteiger partial charge in [-0.1, -0.05) is 46.4 Å². The van der Waals surface area contributed by atoms with Crippen molar-refractivity contribution in [3.8, 4) is 11.5 Å². The molecule has 72 heavy (non-hydrogen) atoms. The Morgan fingerprint density at radius 3 is 1.35 bits per heavy atom. The number of fused-ring (bicyclic) bond motifs is 14. The number of nitrogens with one attached hydrogen (secondary N) is 6. The third kappa shape index (κ3) is 7.44. The van der Waals surface area contributed by atoms with Crippen LogP contribution in [-0.2, 0) is 13.1 Å². The summed E-state index contributed by atoms with van der Waals surface area (Å²) in [6, 6.07) is 27.5. The lowest BCUT2D eigenvalue weighted by atomic mass is 10.1. The van der Waals surface area contributed by atoms with Crippen molar-refractivity contribution in [1.29, 1.82) is 0 Å². The molecule has 0 amide bonds. The molecule has 0 saturated carbocycles. The maximum Gasteiger partial charge on any atom is 0.276 e. The van der Waals surface area contributed by atoms with E-state index >= 15 is 0 Å². The molecule has 16 nitrogen and oxygen atoms in total. The molecule has 356 valence electrons. The van der Waals surface area contributed by atoms with E-state index in [0.717, 1.165) is 98.7 Å². The van der Waals surface area contributed by atoms with Crippen LogP contribution in [0, 0.1) is 0 Å². The standard InChI is InChI=1S/2C26H18Cl2N6O2/c27-13-2-4-20-15(8-13)17-10-18-16-9-14(28)3-5-21(16)33-23(18)24(22(17)32-20)36-7-1-6-34-25-19(11-31-34)26(35)30-12-29-25;27-13-2-4-19-15(8-13)17-10-18-16-9-14(28)3-5-20(16)33-23(18)25(22(17)32-19)36-7-1-6-34-24-21(11-31-34)29-12-30-26(24)35/h2*2-5,8-12,32-33H,1,6-7H2,(H,29,30,35). The number of aromatic nitrogens is 12. The topological polar surface area (TPSA) is 209 Å². The van der Waals surface area contributed by atoms with Gasteiger partial charge in [-0.25, -0.2) is 14.6 Å². The SMILES string of the molecule is O=c1[nH]cnc2c1cnn2CCCOc1c2[nH]c3ccc(Cl)cc3c2cc2c1[nH]c1ccc(Cl)cc12.O=c1[nH]cnc2cnn(CCCOc3c4[nH]c5ccc(Cl)cc5c4cc4c3[nH]c3ccc(Cl)cc34)c12. The zero-order chi connectivity index (χ0) is 48.8. The average Bonchev–Trinajstić information content (AvgIpc) is 4.25. The van der Waals surface area contributed by atoms with Crippen molar-refractivity contribution in [2.75, 3.05) is 13.2 Å². The van der Waals surface area contributed by atoms with Gasteiger partial charge in [0.25, 0.3) is 11.1 Å². The van der Waals surface area contributed by atoms with Gasteiger partial charge < -0.3 is 39.4 Å². The van der Waals surface area contributed by atoms with Gasteiger partial charge in [0.1, 0.15) is 10.9 Å². The number of aromatic amines is 6. The molecule has 0 bridgehead atoms. The fourth-order valence-corrected chi connectivity index (χ4v) is 10.5. The summed E-state index contributed by atoms with van der Waals surface area (Å²) < 4.78 is 16.2. The molecule has 0 aliphatic carbocycles. The van der Waals surface area contributed by atoms with E-state index in [1.807, 2.05) is 72.8 Å². The van der Waals surface area contributed by atoms with E-state index in [-0.39, 0.29) is 11.1 Å². The molecule has 0 aliphatic heterocycles. The van der Waals surface area contributed by atoms with E-state index in [0.29, 0.717) is 81.3 Å². The predicted molar refractivity (Wildman–Crippen MR) is 287 cm³/mol. The van der Waals surface area contributed by atoms with Crippen molar-refractivity contribution in [2.24, 2.45) is 0 Å². The Hall–Kier alpha value is -8.02. The van der Waals surface area contributed by atoms with Crippen LogP contribution in [0.15, 0.2) is 120 Å². The first-order valence-electron chi connectivity index (χ1n) is 22.9. The van der Waals surface area contributed by atoms with Crippen molar-refractivity contribution >= 4 is 156 Å². The zero-order valence-corrected chi connectivity index (χ0v) is 40.5.